The van der Waals surface area contributed by atoms with Crippen molar-refractivity contribution < 1.29 is 13.6 Å². The summed E-state index contributed by atoms with van der Waals surface area (Å²) >= 11 is 0. The van der Waals surface area contributed by atoms with Gasteiger partial charge in [0, 0.05) is 0 Å². The zero-order valence-corrected chi connectivity index (χ0v) is 9.39. The van der Waals surface area contributed by atoms with Crippen LogP contribution in [0.1, 0.15) is 24.2 Å². The highest BCUT2D eigenvalue weighted by Crippen LogP contribution is 2.07. The normalized spacial score (nSPS) is 9.25. The van der Waals surface area contributed by atoms with Gasteiger partial charge in [-0.2, -0.15) is 0 Å². The summed E-state index contributed by atoms with van der Waals surface area (Å²) in [6.45, 7) is 6.39. The van der Waals surface area contributed by atoms with Crippen LogP contribution in [-0.2, 0) is 0 Å². The standard InChI is InChI=1S/C7H5F2NO.C4H11N/c8-4-1-2-6(9)5(3-4)7(10)11;1-3-5-4-2/h1-3H,(H2,10,11);5H,3-4H2,1-2H3. The Balaban J connectivity index is 0.000000385. The van der Waals surface area contributed by atoms with E-state index in [4.69, 9.17) is 5.73 Å². The van der Waals surface area contributed by atoms with E-state index in [1.165, 1.54) is 0 Å². The van der Waals surface area contributed by atoms with E-state index < -0.39 is 23.1 Å². The van der Waals surface area contributed by atoms with Gasteiger partial charge in [-0.05, 0) is 31.3 Å². The first-order valence-electron chi connectivity index (χ1n) is 4.98. The van der Waals surface area contributed by atoms with E-state index in [9.17, 15) is 13.6 Å². The Labute approximate surface area is 93.6 Å². The molecule has 0 atom stereocenters. The average molecular weight is 230 g/mol. The molecule has 1 aromatic rings. The molecular weight excluding hydrogens is 214 g/mol. The molecule has 0 saturated carbocycles. The van der Waals surface area contributed by atoms with E-state index in [0.29, 0.717) is 0 Å². The van der Waals surface area contributed by atoms with Crippen molar-refractivity contribution in [2.24, 2.45) is 5.73 Å². The number of benzene rings is 1. The second-order valence-corrected chi connectivity index (χ2v) is 2.95. The van der Waals surface area contributed by atoms with Crippen LogP contribution in [0.5, 0.6) is 0 Å². The predicted molar refractivity (Wildman–Crippen MR) is 59.1 cm³/mol. The molecular formula is C11H16F2N2O. The number of amides is 1. The van der Waals surface area contributed by atoms with E-state index in [1.807, 2.05) is 0 Å². The van der Waals surface area contributed by atoms with Gasteiger partial charge in [-0.15, -0.1) is 0 Å². The third-order valence-electron chi connectivity index (χ3n) is 1.69. The number of rotatable bonds is 3. The molecule has 1 rings (SSSR count). The van der Waals surface area contributed by atoms with Gasteiger partial charge < -0.3 is 11.1 Å². The lowest BCUT2D eigenvalue weighted by Crippen LogP contribution is -2.13. The van der Waals surface area contributed by atoms with E-state index in [-0.39, 0.29) is 0 Å². The molecule has 90 valence electrons. The first-order chi connectivity index (χ1) is 7.52. The maximum Gasteiger partial charge on any atom is 0.251 e. The summed E-state index contributed by atoms with van der Waals surface area (Å²) < 4.78 is 24.9. The molecule has 1 amide bonds. The highest BCUT2D eigenvalue weighted by Gasteiger charge is 2.07. The molecule has 0 aliphatic rings. The maximum absolute atomic E-state index is 12.6. The average Bonchev–Trinajstić information content (AvgIpc) is 2.23. The quantitative estimate of drug-likeness (QED) is 0.830. The molecule has 3 nitrogen and oxygen atoms in total. The van der Waals surface area contributed by atoms with Crippen LogP contribution in [0.2, 0.25) is 0 Å². The Morgan fingerprint density at radius 1 is 1.31 bits per heavy atom. The van der Waals surface area contributed by atoms with Crippen LogP contribution in [0, 0.1) is 11.6 Å². The minimum Gasteiger partial charge on any atom is -0.366 e. The van der Waals surface area contributed by atoms with E-state index >= 15 is 0 Å². The first kappa shape index (κ1) is 14.5. The highest BCUT2D eigenvalue weighted by atomic mass is 19.1. The largest absolute Gasteiger partial charge is 0.366 e. The molecule has 1 aromatic carbocycles. The van der Waals surface area contributed by atoms with Crippen LogP contribution in [0.3, 0.4) is 0 Å². The predicted octanol–water partition coefficient (Wildman–Crippen LogP) is 1.68. The summed E-state index contributed by atoms with van der Waals surface area (Å²) in [6.07, 6.45) is 0. The minimum absolute atomic E-state index is 0.426. The monoisotopic (exact) mass is 230 g/mol. The Hall–Kier alpha value is -1.49. The molecule has 0 heterocycles. The molecule has 5 heteroatoms. The van der Waals surface area contributed by atoms with Crippen molar-refractivity contribution >= 4 is 5.91 Å². The Bertz CT molecular complexity index is 341. The molecule has 0 spiro atoms. The summed E-state index contributed by atoms with van der Waals surface area (Å²) in [5, 5.41) is 3.11. The first-order valence-corrected chi connectivity index (χ1v) is 4.98. The van der Waals surface area contributed by atoms with E-state index in [1.54, 1.807) is 0 Å². The molecule has 0 aliphatic heterocycles. The van der Waals surface area contributed by atoms with Crippen molar-refractivity contribution in [2.45, 2.75) is 13.8 Å². The minimum atomic E-state index is -0.970. The number of nitrogens with one attached hydrogen (secondary N) is 1. The number of hydrogen-bond acceptors (Lipinski definition) is 2. The van der Waals surface area contributed by atoms with Gasteiger partial charge in [-0.3, -0.25) is 4.79 Å². The van der Waals surface area contributed by atoms with Crippen molar-refractivity contribution in [1.82, 2.24) is 5.32 Å². The fourth-order valence-corrected chi connectivity index (χ4v) is 0.936. The summed E-state index contributed by atoms with van der Waals surface area (Å²) in [5.41, 5.74) is 4.31. The van der Waals surface area contributed by atoms with Crippen molar-refractivity contribution in [1.29, 1.82) is 0 Å². The summed E-state index contributed by atoms with van der Waals surface area (Å²) in [6, 6.07) is 2.54. The van der Waals surface area contributed by atoms with Crippen LogP contribution in [0.15, 0.2) is 18.2 Å². The van der Waals surface area contributed by atoms with Crippen molar-refractivity contribution in [3.8, 4) is 0 Å². The number of carbonyl (C=O) groups excluding carboxylic acids is 1. The van der Waals surface area contributed by atoms with Gasteiger partial charge in [0.2, 0.25) is 0 Å². The van der Waals surface area contributed by atoms with E-state index in [2.05, 4.69) is 19.2 Å². The van der Waals surface area contributed by atoms with Gasteiger partial charge in [-0.25, -0.2) is 8.78 Å². The van der Waals surface area contributed by atoms with Crippen LogP contribution in [-0.4, -0.2) is 19.0 Å². The molecule has 16 heavy (non-hydrogen) atoms. The lowest BCUT2D eigenvalue weighted by atomic mass is 10.2. The third-order valence-corrected chi connectivity index (χ3v) is 1.69. The Morgan fingerprint density at radius 3 is 2.19 bits per heavy atom. The second-order valence-electron chi connectivity index (χ2n) is 2.95. The number of carbonyl (C=O) groups is 1. The van der Waals surface area contributed by atoms with Crippen molar-refractivity contribution in [3.05, 3.63) is 35.4 Å². The lowest BCUT2D eigenvalue weighted by Gasteiger charge is -1.96. The fourth-order valence-electron chi connectivity index (χ4n) is 0.936. The summed E-state index contributed by atoms with van der Waals surface area (Å²) in [4.78, 5) is 10.4. The number of nitrogens with two attached hydrogens (primary N) is 1. The van der Waals surface area contributed by atoms with Crippen molar-refractivity contribution in [3.63, 3.8) is 0 Å². The maximum atomic E-state index is 12.6. The number of primary amides is 1. The summed E-state index contributed by atoms with van der Waals surface area (Å²) in [7, 11) is 0. The van der Waals surface area contributed by atoms with Gasteiger partial charge in [-0.1, -0.05) is 13.8 Å². The SMILES string of the molecule is CCNCC.NC(=O)c1cc(F)ccc1F. The van der Waals surface area contributed by atoms with Crippen LogP contribution in [0.4, 0.5) is 8.78 Å². The zero-order valence-electron chi connectivity index (χ0n) is 9.39. The zero-order chi connectivity index (χ0) is 12.6. The number of halogens is 2. The number of hydrogen-bond donors (Lipinski definition) is 2. The molecule has 0 bridgehead atoms. The Morgan fingerprint density at radius 2 is 1.88 bits per heavy atom. The topological polar surface area (TPSA) is 55.1 Å². The molecule has 0 unspecified atom stereocenters. The molecule has 0 aromatic heterocycles. The Kier molecular flexibility index (Phi) is 7.03. The van der Waals surface area contributed by atoms with Gasteiger partial charge in [0.1, 0.15) is 11.6 Å². The molecule has 3 N–H and O–H groups in total. The molecule has 0 radical (unpaired) electrons. The highest BCUT2D eigenvalue weighted by molar-refractivity contribution is 5.92. The van der Waals surface area contributed by atoms with Crippen molar-refractivity contribution in [2.75, 3.05) is 13.1 Å². The van der Waals surface area contributed by atoms with Gasteiger partial charge in [0.15, 0.2) is 0 Å². The fraction of sp³-hybridized carbons (Fsp3) is 0.364. The smallest absolute Gasteiger partial charge is 0.251 e. The van der Waals surface area contributed by atoms with Gasteiger partial charge in [0.25, 0.3) is 5.91 Å². The third kappa shape index (κ3) is 5.41. The molecule has 0 fully saturated rings. The van der Waals surface area contributed by atoms with Gasteiger partial charge in [0.05, 0.1) is 5.56 Å². The second kappa shape index (κ2) is 7.76. The lowest BCUT2D eigenvalue weighted by molar-refractivity contribution is 0.0996. The van der Waals surface area contributed by atoms with E-state index in [0.717, 1.165) is 31.3 Å². The molecule has 0 saturated heterocycles. The molecule has 0 aliphatic carbocycles. The van der Waals surface area contributed by atoms with Crippen LogP contribution < -0.4 is 11.1 Å². The van der Waals surface area contributed by atoms with Crippen LogP contribution in [0.25, 0.3) is 0 Å². The van der Waals surface area contributed by atoms with Gasteiger partial charge >= 0.3 is 0 Å². The summed E-state index contributed by atoms with van der Waals surface area (Å²) in [5.74, 6) is -2.46. The van der Waals surface area contributed by atoms with Crippen LogP contribution >= 0.6 is 0 Å².